The minimum absolute atomic E-state index is 0.309. The highest BCUT2D eigenvalue weighted by atomic mass is 32.2. The van der Waals surface area contributed by atoms with Crippen LogP contribution in [0.2, 0.25) is 0 Å². The van der Waals surface area contributed by atoms with Gasteiger partial charge in [0, 0.05) is 6.20 Å². The van der Waals surface area contributed by atoms with Crippen molar-refractivity contribution < 1.29 is 8.42 Å². The number of hydrogen-bond donors (Lipinski definition) is 1. The Balaban J connectivity index is 2.54. The van der Waals surface area contributed by atoms with Crippen LogP contribution in [0.1, 0.15) is 23.6 Å². The van der Waals surface area contributed by atoms with E-state index >= 15 is 0 Å². The van der Waals surface area contributed by atoms with Gasteiger partial charge in [-0.15, -0.1) is 0 Å². The standard InChI is InChI=1S/C14H17NO2S/c1-4-12-9-15-14(11(12)3)18(16,17)13-7-5-10(2)6-8-13/h5-9,15H,4H2,1-3H3. The SMILES string of the molecule is CCc1c[nH]c(S(=O)(=O)c2ccc(C)cc2)c1C. The first-order chi connectivity index (χ1) is 8.46. The molecule has 0 unspecified atom stereocenters. The zero-order valence-electron chi connectivity index (χ0n) is 10.8. The lowest BCUT2D eigenvalue weighted by Gasteiger charge is -2.05. The summed E-state index contributed by atoms with van der Waals surface area (Å²) in [6, 6.07) is 6.92. The summed E-state index contributed by atoms with van der Waals surface area (Å²) in [5.74, 6) is 0. The number of aromatic amines is 1. The monoisotopic (exact) mass is 263 g/mol. The van der Waals surface area contributed by atoms with Gasteiger partial charge in [-0.25, -0.2) is 8.42 Å². The van der Waals surface area contributed by atoms with Crippen LogP contribution in [0.4, 0.5) is 0 Å². The van der Waals surface area contributed by atoms with Gasteiger partial charge in [0.15, 0.2) is 0 Å². The van der Waals surface area contributed by atoms with Crippen molar-refractivity contribution in [1.29, 1.82) is 0 Å². The van der Waals surface area contributed by atoms with Gasteiger partial charge in [-0.1, -0.05) is 24.6 Å². The molecule has 0 saturated carbocycles. The fraction of sp³-hybridized carbons (Fsp3) is 0.286. The number of rotatable bonds is 3. The molecule has 4 heteroatoms. The van der Waals surface area contributed by atoms with Crippen molar-refractivity contribution in [3.63, 3.8) is 0 Å². The van der Waals surface area contributed by atoms with Crippen LogP contribution >= 0.6 is 0 Å². The highest BCUT2D eigenvalue weighted by Crippen LogP contribution is 2.25. The van der Waals surface area contributed by atoms with Gasteiger partial charge >= 0.3 is 0 Å². The quantitative estimate of drug-likeness (QED) is 0.925. The lowest BCUT2D eigenvalue weighted by Crippen LogP contribution is -2.04. The molecular weight excluding hydrogens is 246 g/mol. The van der Waals surface area contributed by atoms with E-state index in [4.69, 9.17) is 0 Å². The largest absolute Gasteiger partial charge is 0.352 e. The van der Waals surface area contributed by atoms with Crippen molar-refractivity contribution in [2.24, 2.45) is 0 Å². The summed E-state index contributed by atoms with van der Waals surface area (Å²) >= 11 is 0. The van der Waals surface area contributed by atoms with Crippen LogP contribution in [0.3, 0.4) is 0 Å². The summed E-state index contributed by atoms with van der Waals surface area (Å²) in [5.41, 5.74) is 2.91. The molecule has 0 spiro atoms. The molecule has 18 heavy (non-hydrogen) atoms. The normalized spacial score (nSPS) is 11.7. The van der Waals surface area contributed by atoms with E-state index in [0.717, 1.165) is 23.1 Å². The molecule has 1 aromatic heterocycles. The van der Waals surface area contributed by atoms with Crippen molar-refractivity contribution in [3.8, 4) is 0 Å². The van der Waals surface area contributed by atoms with Crippen LogP contribution in [-0.4, -0.2) is 13.4 Å². The van der Waals surface area contributed by atoms with Crippen molar-refractivity contribution >= 4 is 9.84 Å². The first kappa shape index (κ1) is 12.9. The second kappa shape index (κ2) is 4.61. The van der Waals surface area contributed by atoms with Gasteiger partial charge in [-0.3, -0.25) is 0 Å². The van der Waals surface area contributed by atoms with Gasteiger partial charge in [0.05, 0.1) is 4.90 Å². The Morgan fingerprint density at radius 1 is 1.11 bits per heavy atom. The van der Waals surface area contributed by atoms with Gasteiger partial charge in [-0.2, -0.15) is 0 Å². The van der Waals surface area contributed by atoms with Gasteiger partial charge in [0.1, 0.15) is 5.03 Å². The van der Waals surface area contributed by atoms with E-state index in [1.807, 2.05) is 32.9 Å². The van der Waals surface area contributed by atoms with E-state index < -0.39 is 9.84 Å². The van der Waals surface area contributed by atoms with Crippen molar-refractivity contribution in [3.05, 3.63) is 47.2 Å². The molecule has 1 heterocycles. The molecule has 0 bridgehead atoms. The number of aromatic nitrogens is 1. The Kier molecular flexibility index (Phi) is 3.30. The fourth-order valence-electron chi connectivity index (χ4n) is 2.00. The van der Waals surface area contributed by atoms with Crippen LogP contribution in [0.15, 0.2) is 40.4 Å². The minimum atomic E-state index is -3.43. The summed E-state index contributed by atoms with van der Waals surface area (Å²) in [4.78, 5) is 3.22. The van der Waals surface area contributed by atoms with Crippen LogP contribution in [0.5, 0.6) is 0 Å². The number of hydrogen-bond acceptors (Lipinski definition) is 2. The molecule has 0 fully saturated rings. The lowest BCUT2D eigenvalue weighted by atomic mass is 10.2. The first-order valence-electron chi connectivity index (χ1n) is 5.95. The van der Waals surface area contributed by atoms with Crippen LogP contribution in [0.25, 0.3) is 0 Å². The zero-order valence-corrected chi connectivity index (χ0v) is 11.6. The number of sulfone groups is 1. The third-order valence-corrected chi connectivity index (χ3v) is 5.03. The summed E-state index contributed by atoms with van der Waals surface area (Å²) in [5, 5.41) is 0.309. The summed E-state index contributed by atoms with van der Waals surface area (Å²) in [6.07, 6.45) is 2.60. The number of aryl methyl sites for hydroxylation is 2. The van der Waals surface area contributed by atoms with E-state index in [1.54, 1.807) is 18.3 Å². The Morgan fingerprint density at radius 3 is 2.22 bits per heavy atom. The molecule has 1 aromatic carbocycles. The maximum Gasteiger partial charge on any atom is 0.222 e. The number of benzene rings is 1. The lowest BCUT2D eigenvalue weighted by molar-refractivity contribution is 0.592. The van der Waals surface area contributed by atoms with E-state index in [1.165, 1.54) is 0 Å². The van der Waals surface area contributed by atoms with E-state index in [0.29, 0.717) is 9.92 Å². The summed E-state index contributed by atoms with van der Waals surface area (Å²) in [6.45, 7) is 5.79. The van der Waals surface area contributed by atoms with Crippen molar-refractivity contribution in [2.75, 3.05) is 0 Å². The Bertz CT molecular complexity index is 652. The number of nitrogens with one attached hydrogen (secondary N) is 1. The smallest absolute Gasteiger partial charge is 0.222 e. The third-order valence-electron chi connectivity index (χ3n) is 3.18. The average Bonchev–Trinajstić information content (AvgIpc) is 2.71. The molecule has 3 nitrogen and oxygen atoms in total. The highest BCUT2D eigenvalue weighted by molar-refractivity contribution is 7.91. The van der Waals surface area contributed by atoms with Gasteiger partial charge < -0.3 is 4.98 Å². The van der Waals surface area contributed by atoms with E-state index in [-0.39, 0.29) is 0 Å². The third kappa shape index (κ3) is 2.08. The second-order valence-electron chi connectivity index (χ2n) is 4.44. The predicted molar refractivity (Wildman–Crippen MR) is 71.5 cm³/mol. The zero-order chi connectivity index (χ0) is 13.3. The Hall–Kier alpha value is -1.55. The molecule has 0 aliphatic rings. The minimum Gasteiger partial charge on any atom is -0.352 e. The molecule has 1 N–H and O–H groups in total. The molecule has 0 amide bonds. The topological polar surface area (TPSA) is 49.9 Å². The maximum atomic E-state index is 12.5. The van der Waals surface area contributed by atoms with Gasteiger partial charge in [-0.05, 0) is 43.5 Å². The van der Waals surface area contributed by atoms with Gasteiger partial charge in [0.25, 0.3) is 0 Å². The average molecular weight is 263 g/mol. The van der Waals surface area contributed by atoms with Crippen LogP contribution < -0.4 is 0 Å². The summed E-state index contributed by atoms with van der Waals surface area (Å²) in [7, 11) is -3.43. The molecule has 0 radical (unpaired) electrons. The second-order valence-corrected chi connectivity index (χ2v) is 6.32. The van der Waals surface area contributed by atoms with E-state index in [9.17, 15) is 8.42 Å². The number of H-pyrrole nitrogens is 1. The fourth-order valence-corrected chi connectivity index (χ4v) is 3.47. The van der Waals surface area contributed by atoms with Crippen molar-refractivity contribution in [2.45, 2.75) is 37.1 Å². The molecule has 2 rings (SSSR count). The molecule has 0 saturated heterocycles. The molecule has 96 valence electrons. The van der Waals surface area contributed by atoms with E-state index in [2.05, 4.69) is 4.98 Å². The Morgan fingerprint density at radius 2 is 1.72 bits per heavy atom. The molecule has 2 aromatic rings. The van der Waals surface area contributed by atoms with Crippen molar-refractivity contribution in [1.82, 2.24) is 4.98 Å². The van der Waals surface area contributed by atoms with Crippen LogP contribution in [-0.2, 0) is 16.3 Å². The molecule has 0 aliphatic carbocycles. The molecule has 0 atom stereocenters. The van der Waals surface area contributed by atoms with Crippen LogP contribution in [0, 0.1) is 13.8 Å². The molecular formula is C14H17NO2S. The maximum absolute atomic E-state index is 12.5. The summed E-state index contributed by atoms with van der Waals surface area (Å²) < 4.78 is 24.9. The Labute approximate surface area is 108 Å². The predicted octanol–water partition coefficient (Wildman–Crippen LogP) is 3.03. The highest BCUT2D eigenvalue weighted by Gasteiger charge is 2.22. The first-order valence-corrected chi connectivity index (χ1v) is 7.43. The van der Waals surface area contributed by atoms with Gasteiger partial charge in [0.2, 0.25) is 9.84 Å². The molecule has 0 aliphatic heterocycles.